The lowest BCUT2D eigenvalue weighted by molar-refractivity contribution is 0.0966. The van der Waals surface area contributed by atoms with Crippen LogP contribution in [0.5, 0.6) is 0 Å². The van der Waals surface area contributed by atoms with E-state index >= 15 is 0 Å². The summed E-state index contributed by atoms with van der Waals surface area (Å²) in [6.07, 6.45) is -0.716. The molecule has 0 aromatic heterocycles. The van der Waals surface area contributed by atoms with E-state index in [1.807, 2.05) is 13.8 Å². The molecule has 0 unspecified atom stereocenters. The molecule has 0 saturated heterocycles. The molecule has 3 N–H and O–H groups in total. The van der Waals surface area contributed by atoms with E-state index in [4.69, 9.17) is 5.73 Å². The molecule has 14 heavy (non-hydrogen) atoms. The SMILES string of the molecule is CC(C)[C@@H](O)[C@@H](N)c1ccccc1F. The van der Waals surface area contributed by atoms with E-state index in [0.29, 0.717) is 5.56 Å². The Kier molecular flexibility index (Phi) is 3.61. The van der Waals surface area contributed by atoms with E-state index in [1.165, 1.54) is 6.07 Å². The van der Waals surface area contributed by atoms with Crippen molar-refractivity contribution in [2.24, 2.45) is 11.7 Å². The summed E-state index contributed by atoms with van der Waals surface area (Å²) in [5, 5.41) is 9.68. The first-order valence-corrected chi connectivity index (χ1v) is 4.72. The average molecular weight is 197 g/mol. The monoisotopic (exact) mass is 197 g/mol. The standard InChI is InChI=1S/C11H16FNO/c1-7(2)11(14)10(13)8-5-3-4-6-9(8)12/h3-7,10-11,14H,13H2,1-2H3/t10-,11+/m0/s1. The fourth-order valence-corrected chi connectivity index (χ4v) is 1.34. The minimum atomic E-state index is -0.716. The van der Waals surface area contributed by atoms with Crippen molar-refractivity contribution in [2.45, 2.75) is 26.0 Å². The van der Waals surface area contributed by atoms with Crippen LogP contribution in [0.4, 0.5) is 4.39 Å². The summed E-state index contributed by atoms with van der Waals surface area (Å²) in [6, 6.07) is 5.61. The van der Waals surface area contributed by atoms with Crippen LogP contribution in [0, 0.1) is 11.7 Å². The number of aliphatic hydroxyl groups excluding tert-OH is 1. The molecule has 1 rings (SSSR count). The molecule has 0 heterocycles. The topological polar surface area (TPSA) is 46.2 Å². The average Bonchev–Trinajstić information content (AvgIpc) is 2.16. The molecule has 0 aliphatic rings. The molecule has 3 heteroatoms. The molecule has 0 aliphatic heterocycles. The summed E-state index contributed by atoms with van der Waals surface area (Å²) in [6.45, 7) is 3.71. The third-order valence-corrected chi connectivity index (χ3v) is 2.32. The van der Waals surface area contributed by atoms with Crippen molar-refractivity contribution in [3.8, 4) is 0 Å². The number of halogens is 1. The first-order chi connectivity index (χ1) is 6.54. The van der Waals surface area contributed by atoms with Crippen LogP contribution in [0.25, 0.3) is 0 Å². The lowest BCUT2D eigenvalue weighted by Gasteiger charge is -2.22. The molecular formula is C11H16FNO. The van der Waals surface area contributed by atoms with Gasteiger partial charge in [-0.25, -0.2) is 4.39 Å². The summed E-state index contributed by atoms with van der Waals surface area (Å²) in [7, 11) is 0. The van der Waals surface area contributed by atoms with E-state index in [2.05, 4.69) is 0 Å². The third kappa shape index (κ3) is 2.30. The van der Waals surface area contributed by atoms with E-state index in [9.17, 15) is 9.50 Å². The maximum atomic E-state index is 13.3. The summed E-state index contributed by atoms with van der Waals surface area (Å²) in [4.78, 5) is 0. The van der Waals surface area contributed by atoms with E-state index in [-0.39, 0.29) is 11.7 Å². The van der Waals surface area contributed by atoms with Gasteiger partial charge in [-0.1, -0.05) is 32.0 Å². The summed E-state index contributed by atoms with van der Waals surface area (Å²) in [5.74, 6) is -0.343. The zero-order chi connectivity index (χ0) is 10.7. The highest BCUT2D eigenvalue weighted by molar-refractivity contribution is 5.21. The summed E-state index contributed by atoms with van der Waals surface area (Å²) in [5.41, 5.74) is 6.12. The Balaban J connectivity index is 2.89. The first-order valence-electron chi connectivity index (χ1n) is 4.72. The second-order valence-electron chi connectivity index (χ2n) is 3.78. The predicted octanol–water partition coefficient (Wildman–Crippen LogP) is 1.84. The van der Waals surface area contributed by atoms with Gasteiger partial charge in [-0.2, -0.15) is 0 Å². The van der Waals surface area contributed by atoms with Gasteiger partial charge < -0.3 is 10.8 Å². The van der Waals surface area contributed by atoms with Crippen molar-refractivity contribution in [1.82, 2.24) is 0 Å². The minimum Gasteiger partial charge on any atom is -0.391 e. The van der Waals surface area contributed by atoms with E-state index in [1.54, 1.807) is 18.2 Å². The van der Waals surface area contributed by atoms with Gasteiger partial charge in [0.1, 0.15) is 5.82 Å². The Bertz CT molecular complexity index is 301. The molecule has 0 saturated carbocycles. The Morgan fingerprint density at radius 1 is 1.29 bits per heavy atom. The van der Waals surface area contributed by atoms with Crippen molar-refractivity contribution >= 4 is 0 Å². The van der Waals surface area contributed by atoms with Crippen LogP contribution in [0.1, 0.15) is 25.5 Å². The molecule has 2 nitrogen and oxygen atoms in total. The predicted molar refractivity (Wildman–Crippen MR) is 54.2 cm³/mol. The molecule has 0 bridgehead atoms. The van der Waals surface area contributed by atoms with Crippen LogP contribution in [-0.4, -0.2) is 11.2 Å². The number of aliphatic hydroxyl groups is 1. The molecule has 0 aliphatic carbocycles. The highest BCUT2D eigenvalue weighted by Gasteiger charge is 2.22. The van der Waals surface area contributed by atoms with Crippen molar-refractivity contribution in [2.75, 3.05) is 0 Å². The second-order valence-corrected chi connectivity index (χ2v) is 3.78. The maximum Gasteiger partial charge on any atom is 0.128 e. The van der Waals surface area contributed by atoms with Crippen molar-refractivity contribution in [1.29, 1.82) is 0 Å². The van der Waals surface area contributed by atoms with Gasteiger partial charge in [-0.05, 0) is 12.0 Å². The minimum absolute atomic E-state index is 0.0182. The Morgan fingerprint density at radius 2 is 1.86 bits per heavy atom. The van der Waals surface area contributed by atoms with Crippen molar-refractivity contribution in [3.63, 3.8) is 0 Å². The molecule has 1 aromatic rings. The molecular weight excluding hydrogens is 181 g/mol. The Hall–Kier alpha value is -0.930. The van der Waals surface area contributed by atoms with Gasteiger partial charge in [0.15, 0.2) is 0 Å². The van der Waals surface area contributed by atoms with Gasteiger partial charge >= 0.3 is 0 Å². The zero-order valence-corrected chi connectivity index (χ0v) is 8.44. The molecule has 78 valence electrons. The quantitative estimate of drug-likeness (QED) is 0.776. The van der Waals surface area contributed by atoms with Crippen LogP contribution in [-0.2, 0) is 0 Å². The van der Waals surface area contributed by atoms with Gasteiger partial charge in [-0.3, -0.25) is 0 Å². The summed E-state index contributed by atoms with van der Waals surface area (Å²) >= 11 is 0. The van der Waals surface area contributed by atoms with Crippen LogP contribution < -0.4 is 5.73 Å². The fourth-order valence-electron chi connectivity index (χ4n) is 1.34. The Labute approximate surface area is 83.6 Å². The van der Waals surface area contributed by atoms with Gasteiger partial charge in [0, 0.05) is 5.56 Å². The van der Waals surface area contributed by atoms with Crippen LogP contribution >= 0.6 is 0 Å². The smallest absolute Gasteiger partial charge is 0.128 e. The second kappa shape index (κ2) is 4.53. The largest absolute Gasteiger partial charge is 0.391 e. The van der Waals surface area contributed by atoms with Crippen LogP contribution in [0.3, 0.4) is 0 Å². The molecule has 0 fully saturated rings. The normalized spacial score (nSPS) is 15.6. The van der Waals surface area contributed by atoms with Crippen LogP contribution in [0.15, 0.2) is 24.3 Å². The number of benzene rings is 1. The molecule has 0 radical (unpaired) electrons. The first kappa shape index (κ1) is 11.1. The number of nitrogens with two attached hydrogens (primary N) is 1. The molecule has 1 aromatic carbocycles. The van der Waals surface area contributed by atoms with Crippen LogP contribution in [0.2, 0.25) is 0 Å². The van der Waals surface area contributed by atoms with Gasteiger partial charge in [0.05, 0.1) is 12.1 Å². The van der Waals surface area contributed by atoms with E-state index in [0.717, 1.165) is 0 Å². The lowest BCUT2D eigenvalue weighted by Crippen LogP contribution is -2.31. The zero-order valence-electron chi connectivity index (χ0n) is 8.44. The van der Waals surface area contributed by atoms with Gasteiger partial charge in [0.25, 0.3) is 0 Å². The molecule has 0 spiro atoms. The number of hydrogen-bond donors (Lipinski definition) is 2. The molecule has 0 amide bonds. The third-order valence-electron chi connectivity index (χ3n) is 2.32. The number of hydrogen-bond acceptors (Lipinski definition) is 2. The highest BCUT2D eigenvalue weighted by atomic mass is 19.1. The summed E-state index contributed by atoms with van der Waals surface area (Å²) < 4.78 is 13.3. The maximum absolute atomic E-state index is 13.3. The van der Waals surface area contributed by atoms with E-state index < -0.39 is 12.1 Å². The van der Waals surface area contributed by atoms with Gasteiger partial charge in [-0.15, -0.1) is 0 Å². The number of rotatable bonds is 3. The Morgan fingerprint density at radius 3 is 2.36 bits per heavy atom. The lowest BCUT2D eigenvalue weighted by atomic mass is 9.94. The molecule has 2 atom stereocenters. The van der Waals surface area contributed by atoms with Gasteiger partial charge in [0.2, 0.25) is 0 Å². The fraction of sp³-hybridized carbons (Fsp3) is 0.455. The highest BCUT2D eigenvalue weighted by Crippen LogP contribution is 2.21. The van der Waals surface area contributed by atoms with Crippen molar-refractivity contribution in [3.05, 3.63) is 35.6 Å². The van der Waals surface area contributed by atoms with Crippen molar-refractivity contribution < 1.29 is 9.50 Å².